The summed E-state index contributed by atoms with van der Waals surface area (Å²) < 4.78 is 26.6. The largest absolute Gasteiger partial charge is 0.396 e. The van der Waals surface area contributed by atoms with E-state index in [0.29, 0.717) is 0 Å². The number of nitrogens with two attached hydrogens (primary N) is 1. The number of nitrogen functional groups attached to an aromatic ring is 1. The quantitative estimate of drug-likeness (QED) is 0.805. The zero-order valence-corrected chi connectivity index (χ0v) is 8.83. The van der Waals surface area contributed by atoms with Crippen molar-refractivity contribution in [1.29, 1.82) is 0 Å². The summed E-state index contributed by atoms with van der Waals surface area (Å²) in [5.41, 5.74) is 4.79. The minimum absolute atomic E-state index is 0.0904. The Labute approximate surface area is 90.0 Å². The summed E-state index contributed by atoms with van der Waals surface area (Å²) in [6.45, 7) is 1.35. The molecule has 0 saturated heterocycles. The zero-order valence-electron chi connectivity index (χ0n) is 7.32. The smallest absolute Gasteiger partial charge is 0.275 e. The van der Waals surface area contributed by atoms with Crippen LogP contribution in [0.25, 0.3) is 0 Å². The molecule has 0 spiro atoms. The molecule has 14 heavy (non-hydrogen) atoms. The van der Waals surface area contributed by atoms with E-state index in [1.807, 2.05) is 0 Å². The van der Waals surface area contributed by atoms with Gasteiger partial charge in [0, 0.05) is 12.0 Å². The predicted octanol–water partition coefficient (Wildman–Crippen LogP) is 3.47. The molecule has 0 aromatic carbocycles. The highest BCUT2D eigenvalue weighted by molar-refractivity contribution is 6.34. The number of pyridine rings is 1. The fourth-order valence-electron chi connectivity index (χ4n) is 0.987. The number of hydrogen-bond donors (Lipinski definition) is 1. The van der Waals surface area contributed by atoms with Gasteiger partial charge in [-0.15, -0.1) is 0 Å². The third-order valence-corrected chi connectivity index (χ3v) is 2.30. The molecule has 0 unspecified atom stereocenters. The van der Waals surface area contributed by atoms with Crippen LogP contribution in [0, 0.1) is 0 Å². The van der Waals surface area contributed by atoms with Crippen molar-refractivity contribution in [2.75, 3.05) is 5.73 Å². The number of nitrogens with zero attached hydrogens (tertiary/aromatic N) is 1. The lowest BCUT2D eigenvalue weighted by Gasteiger charge is -2.17. The van der Waals surface area contributed by atoms with Gasteiger partial charge in [0.15, 0.2) is 5.15 Å². The lowest BCUT2D eigenvalue weighted by molar-refractivity contribution is -0.00754. The summed E-state index contributed by atoms with van der Waals surface area (Å²) >= 11 is 11.0. The summed E-state index contributed by atoms with van der Waals surface area (Å²) in [5, 5.41) is -0.284. The Morgan fingerprint density at radius 2 is 2.07 bits per heavy atom. The van der Waals surface area contributed by atoms with Gasteiger partial charge < -0.3 is 5.73 Å². The van der Waals surface area contributed by atoms with Crippen LogP contribution in [0.3, 0.4) is 0 Å². The number of halogens is 4. The van der Waals surface area contributed by atoms with E-state index >= 15 is 0 Å². The van der Waals surface area contributed by atoms with Gasteiger partial charge in [-0.2, -0.15) is 0 Å². The molecule has 0 aliphatic heterocycles. The van der Waals surface area contributed by atoms with Crippen LogP contribution >= 0.6 is 23.2 Å². The van der Waals surface area contributed by atoms with Crippen LogP contribution in [0.15, 0.2) is 6.07 Å². The Hall–Kier alpha value is -0.610. The van der Waals surface area contributed by atoms with Crippen molar-refractivity contribution in [2.45, 2.75) is 19.3 Å². The average molecular weight is 241 g/mol. The Balaban J connectivity index is 3.34. The standard InChI is InChI=1S/C8H8Cl2F2N2/c1-2-8(11,12)4-3-5(9)14-7(10)6(4)13/h3H,2,13H2,1H3. The monoisotopic (exact) mass is 240 g/mol. The van der Waals surface area contributed by atoms with E-state index in [-0.39, 0.29) is 28.0 Å². The second-order valence-corrected chi connectivity index (χ2v) is 3.50. The third-order valence-electron chi connectivity index (χ3n) is 1.82. The van der Waals surface area contributed by atoms with Crippen LogP contribution in [0.2, 0.25) is 10.3 Å². The lowest BCUT2D eigenvalue weighted by Crippen LogP contribution is -2.15. The predicted molar refractivity (Wildman–Crippen MR) is 52.9 cm³/mol. The van der Waals surface area contributed by atoms with Crippen molar-refractivity contribution in [2.24, 2.45) is 0 Å². The molecule has 0 bridgehead atoms. The molecule has 6 heteroatoms. The maximum atomic E-state index is 13.3. The first kappa shape index (κ1) is 11.5. The van der Waals surface area contributed by atoms with Gasteiger partial charge in [0.2, 0.25) is 0 Å². The van der Waals surface area contributed by atoms with E-state index in [9.17, 15) is 8.78 Å². The van der Waals surface area contributed by atoms with E-state index in [1.54, 1.807) is 0 Å². The van der Waals surface area contributed by atoms with Crippen LogP contribution < -0.4 is 5.73 Å². The molecule has 0 aliphatic carbocycles. The van der Waals surface area contributed by atoms with Crippen LogP contribution in [-0.4, -0.2) is 4.98 Å². The molecule has 1 aromatic heterocycles. The first-order chi connectivity index (χ1) is 6.38. The minimum atomic E-state index is -3.03. The van der Waals surface area contributed by atoms with Gasteiger partial charge in [-0.25, -0.2) is 13.8 Å². The van der Waals surface area contributed by atoms with Gasteiger partial charge in [-0.3, -0.25) is 0 Å². The van der Waals surface area contributed by atoms with Crippen molar-refractivity contribution in [3.63, 3.8) is 0 Å². The summed E-state index contributed by atoms with van der Waals surface area (Å²) in [6.07, 6.45) is -0.367. The van der Waals surface area contributed by atoms with Crippen LogP contribution in [0.4, 0.5) is 14.5 Å². The summed E-state index contributed by atoms with van der Waals surface area (Å²) in [6, 6.07) is 1.03. The molecule has 0 saturated carbocycles. The molecule has 0 radical (unpaired) electrons. The minimum Gasteiger partial charge on any atom is -0.396 e. The van der Waals surface area contributed by atoms with Gasteiger partial charge in [0.25, 0.3) is 5.92 Å². The first-order valence-corrected chi connectivity index (χ1v) is 4.64. The number of alkyl halides is 2. The Kier molecular flexibility index (Phi) is 3.17. The van der Waals surface area contributed by atoms with Crippen LogP contribution in [0.1, 0.15) is 18.9 Å². The highest BCUT2D eigenvalue weighted by Gasteiger charge is 2.32. The van der Waals surface area contributed by atoms with Gasteiger partial charge in [0.1, 0.15) is 5.15 Å². The number of hydrogen-bond acceptors (Lipinski definition) is 2. The van der Waals surface area contributed by atoms with Crippen LogP contribution in [0.5, 0.6) is 0 Å². The van der Waals surface area contributed by atoms with Gasteiger partial charge >= 0.3 is 0 Å². The van der Waals surface area contributed by atoms with Crippen molar-refractivity contribution >= 4 is 28.9 Å². The van der Waals surface area contributed by atoms with E-state index < -0.39 is 5.92 Å². The number of rotatable bonds is 2. The topological polar surface area (TPSA) is 38.9 Å². The van der Waals surface area contributed by atoms with E-state index in [1.165, 1.54) is 6.92 Å². The molecular formula is C8H8Cl2F2N2. The summed E-state index contributed by atoms with van der Waals surface area (Å²) in [7, 11) is 0. The normalized spacial score (nSPS) is 11.8. The molecular weight excluding hydrogens is 233 g/mol. The molecule has 1 aromatic rings. The number of anilines is 1. The first-order valence-electron chi connectivity index (χ1n) is 3.88. The molecule has 2 nitrogen and oxygen atoms in total. The van der Waals surface area contributed by atoms with Crippen molar-refractivity contribution in [1.82, 2.24) is 4.98 Å². The average Bonchev–Trinajstić information content (AvgIpc) is 2.11. The Morgan fingerprint density at radius 3 is 2.57 bits per heavy atom. The maximum absolute atomic E-state index is 13.3. The zero-order chi connectivity index (χ0) is 10.9. The molecule has 0 atom stereocenters. The molecule has 0 amide bonds. The van der Waals surface area contributed by atoms with Crippen molar-refractivity contribution in [3.8, 4) is 0 Å². The Bertz CT molecular complexity index is 355. The molecule has 1 rings (SSSR count). The fourth-order valence-corrected chi connectivity index (χ4v) is 1.42. The second-order valence-electron chi connectivity index (χ2n) is 2.76. The second kappa shape index (κ2) is 3.87. The summed E-state index contributed by atoms with van der Waals surface area (Å²) in [5.74, 6) is -3.03. The van der Waals surface area contributed by atoms with Gasteiger partial charge in [-0.1, -0.05) is 30.1 Å². The van der Waals surface area contributed by atoms with E-state index in [4.69, 9.17) is 28.9 Å². The molecule has 2 N–H and O–H groups in total. The Morgan fingerprint density at radius 1 is 1.50 bits per heavy atom. The highest BCUT2D eigenvalue weighted by atomic mass is 35.5. The molecule has 0 aliphatic rings. The van der Waals surface area contributed by atoms with E-state index in [2.05, 4.69) is 4.98 Å². The molecule has 0 fully saturated rings. The van der Waals surface area contributed by atoms with E-state index in [0.717, 1.165) is 6.07 Å². The van der Waals surface area contributed by atoms with Crippen LogP contribution in [-0.2, 0) is 5.92 Å². The highest BCUT2D eigenvalue weighted by Crippen LogP contribution is 2.38. The molecule has 1 heterocycles. The van der Waals surface area contributed by atoms with Gasteiger partial charge in [0.05, 0.1) is 5.69 Å². The van der Waals surface area contributed by atoms with Crippen molar-refractivity contribution < 1.29 is 8.78 Å². The summed E-state index contributed by atoms with van der Waals surface area (Å²) in [4.78, 5) is 3.55. The van der Waals surface area contributed by atoms with Crippen molar-refractivity contribution in [3.05, 3.63) is 21.9 Å². The third kappa shape index (κ3) is 2.07. The number of aromatic nitrogens is 1. The lowest BCUT2D eigenvalue weighted by atomic mass is 10.1. The molecule has 78 valence electrons. The van der Waals surface area contributed by atoms with Gasteiger partial charge in [-0.05, 0) is 6.07 Å². The fraction of sp³-hybridized carbons (Fsp3) is 0.375. The maximum Gasteiger partial charge on any atom is 0.275 e. The SMILES string of the molecule is CCC(F)(F)c1cc(Cl)nc(Cl)c1N.